The van der Waals surface area contributed by atoms with Gasteiger partial charge in [-0.05, 0) is 53.0 Å². The van der Waals surface area contributed by atoms with Gasteiger partial charge in [-0.2, -0.15) is 5.10 Å². The number of fused-ring (bicyclic) bond motifs is 2. The molecule has 10 nitrogen and oxygen atoms in total. The smallest absolute Gasteiger partial charge is 0.410 e. The number of carbonyl (C=O) groups excluding carboxylic acids is 1. The highest BCUT2D eigenvalue weighted by Gasteiger charge is 2.29. The topological polar surface area (TPSA) is 95.2 Å². The number of hydrogen-bond donors (Lipinski definition) is 1. The van der Waals surface area contributed by atoms with E-state index in [1.54, 1.807) is 27.8 Å². The summed E-state index contributed by atoms with van der Waals surface area (Å²) in [5, 5.41) is 9.29. The first-order valence-electron chi connectivity index (χ1n) is 14.4. The van der Waals surface area contributed by atoms with Gasteiger partial charge in [0.1, 0.15) is 17.5 Å². The molecule has 0 spiro atoms. The number of carbonyl (C=O) groups is 1. The zero-order valence-electron chi connectivity index (χ0n) is 24.3. The maximum absolute atomic E-state index is 14.8. The van der Waals surface area contributed by atoms with Crippen LogP contribution >= 0.6 is 11.6 Å². The van der Waals surface area contributed by atoms with Gasteiger partial charge in [0, 0.05) is 57.1 Å². The van der Waals surface area contributed by atoms with Crippen LogP contribution in [0.25, 0.3) is 16.6 Å². The maximum atomic E-state index is 14.8. The number of anilines is 2. The van der Waals surface area contributed by atoms with Crippen molar-refractivity contribution < 1.29 is 23.4 Å². The SMILES string of the molecule is Cc1cn2cc(Nc3nn(C4CCCCO4)c4cc(OC5CCN(C(=O)OC(C)(C)C)CC5)cc(Cl)c34)cc(F)c2n1. The number of hydrogen-bond acceptors (Lipinski definition) is 7. The Morgan fingerprint density at radius 1 is 1.14 bits per heavy atom. The van der Waals surface area contributed by atoms with Crippen LogP contribution in [-0.4, -0.2) is 61.6 Å². The zero-order valence-corrected chi connectivity index (χ0v) is 25.1. The largest absolute Gasteiger partial charge is 0.490 e. The Hall–Kier alpha value is -3.57. The fourth-order valence-electron chi connectivity index (χ4n) is 5.55. The van der Waals surface area contributed by atoms with Gasteiger partial charge >= 0.3 is 6.09 Å². The lowest BCUT2D eigenvalue weighted by Crippen LogP contribution is -2.44. The van der Waals surface area contributed by atoms with Crippen LogP contribution in [0.2, 0.25) is 5.02 Å². The minimum absolute atomic E-state index is 0.0783. The molecule has 0 aliphatic carbocycles. The molecule has 3 aromatic heterocycles. The lowest BCUT2D eigenvalue weighted by molar-refractivity contribution is -0.0365. The van der Waals surface area contributed by atoms with Crippen molar-refractivity contribution >= 4 is 45.7 Å². The van der Waals surface area contributed by atoms with Crippen molar-refractivity contribution in [1.29, 1.82) is 0 Å². The molecule has 2 aliphatic rings. The number of halogens is 2. The third-order valence-electron chi connectivity index (χ3n) is 7.45. The summed E-state index contributed by atoms with van der Waals surface area (Å²) in [5.74, 6) is 0.678. The van der Waals surface area contributed by atoms with Gasteiger partial charge in [-0.25, -0.2) is 18.9 Å². The molecule has 4 aromatic rings. The second kappa shape index (κ2) is 11.3. The summed E-state index contributed by atoms with van der Waals surface area (Å²) in [6.45, 7) is 9.16. The van der Waals surface area contributed by atoms with Crippen LogP contribution in [0.1, 0.15) is 64.8 Å². The molecular formula is C30H36ClFN6O4. The third-order valence-corrected chi connectivity index (χ3v) is 7.75. The van der Waals surface area contributed by atoms with E-state index in [0.717, 1.165) is 30.5 Å². The van der Waals surface area contributed by atoms with Gasteiger partial charge in [-0.15, -0.1) is 0 Å². The molecule has 2 aliphatic heterocycles. The Labute approximate surface area is 248 Å². The van der Waals surface area contributed by atoms with Crippen LogP contribution in [0.4, 0.5) is 20.7 Å². The Kier molecular flexibility index (Phi) is 7.65. The number of nitrogens with zero attached hydrogens (tertiary/aromatic N) is 5. The van der Waals surface area contributed by atoms with Crippen LogP contribution < -0.4 is 10.1 Å². The highest BCUT2D eigenvalue weighted by molar-refractivity contribution is 6.36. The number of rotatable bonds is 5. The summed E-state index contributed by atoms with van der Waals surface area (Å²) < 4.78 is 36.3. The molecule has 42 heavy (non-hydrogen) atoms. The highest BCUT2D eigenvalue weighted by Crippen LogP contribution is 2.39. The summed E-state index contributed by atoms with van der Waals surface area (Å²) in [7, 11) is 0. The molecule has 2 saturated heterocycles. The predicted molar refractivity (Wildman–Crippen MR) is 158 cm³/mol. The first kappa shape index (κ1) is 28.5. The Morgan fingerprint density at radius 2 is 1.93 bits per heavy atom. The third kappa shape index (κ3) is 5.98. The van der Waals surface area contributed by atoms with Crippen LogP contribution in [-0.2, 0) is 9.47 Å². The normalized spacial score (nSPS) is 18.5. The molecule has 12 heteroatoms. The average Bonchev–Trinajstić information content (AvgIpc) is 3.49. The van der Waals surface area contributed by atoms with Gasteiger partial charge in [0.05, 0.1) is 27.3 Å². The lowest BCUT2D eigenvalue weighted by atomic mass is 10.1. The van der Waals surface area contributed by atoms with Crippen LogP contribution in [0.15, 0.2) is 30.6 Å². The number of ether oxygens (including phenoxy) is 3. The van der Waals surface area contributed by atoms with E-state index in [1.807, 2.05) is 38.4 Å². The number of benzene rings is 1. The van der Waals surface area contributed by atoms with E-state index >= 15 is 0 Å². The molecule has 1 amide bonds. The van der Waals surface area contributed by atoms with Crippen molar-refractivity contribution in [2.45, 2.75) is 77.7 Å². The number of aryl methyl sites for hydroxylation is 1. The molecule has 0 bridgehead atoms. The summed E-state index contributed by atoms with van der Waals surface area (Å²) in [6, 6.07) is 5.12. The van der Waals surface area contributed by atoms with Crippen LogP contribution in [0.3, 0.4) is 0 Å². The van der Waals surface area contributed by atoms with E-state index in [9.17, 15) is 9.18 Å². The Bertz CT molecular complexity index is 1620. The average molecular weight is 599 g/mol. The highest BCUT2D eigenvalue weighted by atomic mass is 35.5. The van der Waals surface area contributed by atoms with Gasteiger partial charge in [-0.3, -0.25) is 0 Å². The van der Waals surface area contributed by atoms with Gasteiger partial charge in [0.2, 0.25) is 0 Å². The summed E-state index contributed by atoms with van der Waals surface area (Å²) in [4.78, 5) is 18.4. The second-order valence-corrected chi connectivity index (χ2v) is 12.4. The molecule has 1 aromatic carbocycles. The number of imidazole rings is 1. The molecule has 1 atom stereocenters. The molecular weight excluding hydrogens is 563 g/mol. The number of pyridine rings is 1. The minimum atomic E-state index is -0.533. The van der Waals surface area contributed by atoms with Crippen molar-refractivity contribution in [2.75, 3.05) is 25.0 Å². The number of amides is 1. The maximum Gasteiger partial charge on any atom is 0.410 e. The molecule has 5 heterocycles. The molecule has 2 fully saturated rings. The quantitative estimate of drug-likeness (QED) is 0.264. The van der Waals surface area contributed by atoms with E-state index in [4.69, 9.17) is 30.9 Å². The lowest BCUT2D eigenvalue weighted by Gasteiger charge is -2.33. The molecule has 0 radical (unpaired) electrons. The summed E-state index contributed by atoms with van der Waals surface area (Å²) in [6.07, 6.45) is 7.10. The second-order valence-electron chi connectivity index (χ2n) is 12.0. The van der Waals surface area contributed by atoms with Crippen molar-refractivity contribution in [2.24, 2.45) is 0 Å². The fourth-order valence-corrected chi connectivity index (χ4v) is 5.84. The molecule has 224 valence electrons. The standard InChI is InChI=1S/C30H36ClFN6O4/c1-18-16-37-17-19(13-23(32)28(37)33-18)34-27-26-22(31)14-21(15-24(26)38(35-27)25-7-5-6-12-40-25)41-20-8-10-36(11-9-20)29(39)42-30(2,3)4/h13-17,20,25H,5-12H2,1-4H3,(H,34,35). The van der Waals surface area contributed by atoms with E-state index < -0.39 is 11.4 Å². The number of nitrogens with one attached hydrogen (secondary N) is 1. The first-order valence-corrected chi connectivity index (χ1v) is 14.8. The summed E-state index contributed by atoms with van der Waals surface area (Å²) >= 11 is 6.89. The Morgan fingerprint density at radius 3 is 2.64 bits per heavy atom. The van der Waals surface area contributed by atoms with Gasteiger partial charge in [0.15, 0.2) is 23.5 Å². The zero-order chi connectivity index (χ0) is 29.6. The number of piperidine rings is 1. The number of likely N-dealkylation sites (tertiary alicyclic amines) is 1. The van der Waals surface area contributed by atoms with Crippen LogP contribution in [0, 0.1) is 12.7 Å². The summed E-state index contributed by atoms with van der Waals surface area (Å²) in [5.41, 5.74) is 1.73. The first-order chi connectivity index (χ1) is 20.0. The van der Waals surface area contributed by atoms with Crippen molar-refractivity contribution in [1.82, 2.24) is 24.1 Å². The molecule has 1 unspecified atom stereocenters. The van der Waals surface area contributed by atoms with E-state index in [0.29, 0.717) is 60.2 Å². The predicted octanol–water partition coefficient (Wildman–Crippen LogP) is 7.01. The van der Waals surface area contributed by atoms with Crippen molar-refractivity contribution in [3.05, 3.63) is 47.1 Å². The molecule has 6 rings (SSSR count). The number of aromatic nitrogens is 4. The van der Waals surface area contributed by atoms with Crippen molar-refractivity contribution in [3.63, 3.8) is 0 Å². The van der Waals surface area contributed by atoms with Gasteiger partial charge in [0.25, 0.3) is 0 Å². The monoisotopic (exact) mass is 598 g/mol. The molecule has 0 saturated carbocycles. The Balaban J connectivity index is 1.27. The van der Waals surface area contributed by atoms with E-state index in [1.165, 1.54) is 6.07 Å². The van der Waals surface area contributed by atoms with E-state index in [-0.39, 0.29) is 24.1 Å². The minimum Gasteiger partial charge on any atom is -0.490 e. The van der Waals surface area contributed by atoms with Crippen molar-refractivity contribution in [3.8, 4) is 5.75 Å². The van der Waals surface area contributed by atoms with Gasteiger partial charge < -0.3 is 28.8 Å². The van der Waals surface area contributed by atoms with Gasteiger partial charge in [-0.1, -0.05) is 11.6 Å². The van der Waals surface area contributed by atoms with E-state index in [2.05, 4.69) is 10.3 Å². The molecule has 1 N–H and O–H groups in total. The van der Waals surface area contributed by atoms with Crippen LogP contribution in [0.5, 0.6) is 5.75 Å². The fraction of sp³-hybridized carbons (Fsp3) is 0.500.